The fourth-order valence-corrected chi connectivity index (χ4v) is 4.50. The second kappa shape index (κ2) is 20.2. The van der Waals surface area contributed by atoms with Crippen LogP contribution < -0.4 is 14.4 Å². The zero-order valence-corrected chi connectivity index (χ0v) is 25.8. The van der Waals surface area contributed by atoms with Crippen LogP contribution in [0.1, 0.15) is 56.7 Å². The van der Waals surface area contributed by atoms with Gasteiger partial charge in [0.2, 0.25) is 0 Å². The highest BCUT2D eigenvalue weighted by Crippen LogP contribution is 2.25. The van der Waals surface area contributed by atoms with Gasteiger partial charge in [0.1, 0.15) is 18.1 Å². The first-order valence-corrected chi connectivity index (χ1v) is 14.5. The molecule has 0 unspecified atom stereocenters. The van der Waals surface area contributed by atoms with Crippen molar-refractivity contribution in [3.05, 3.63) is 83.2 Å². The van der Waals surface area contributed by atoms with E-state index in [0.717, 1.165) is 42.9 Å². The highest BCUT2D eigenvalue weighted by atomic mass is 19.1. The molecule has 0 saturated carbocycles. The molecule has 3 aromatic carbocycles. The number of halogens is 1. The van der Waals surface area contributed by atoms with Gasteiger partial charge in [-0.25, -0.2) is 4.39 Å². The third-order valence-corrected chi connectivity index (χ3v) is 6.58. The first kappa shape index (κ1) is 35.3. The van der Waals surface area contributed by atoms with E-state index in [0.29, 0.717) is 24.7 Å². The largest absolute Gasteiger partial charge is 0.508 e. The third-order valence-electron chi connectivity index (χ3n) is 6.58. The maximum absolute atomic E-state index is 14.3. The van der Waals surface area contributed by atoms with Crippen LogP contribution in [-0.2, 0) is 19.4 Å². The van der Waals surface area contributed by atoms with E-state index in [1.165, 1.54) is 30.4 Å². The molecule has 0 aromatic heterocycles. The number of benzene rings is 3. The van der Waals surface area contributed by atoms with Crippen molar-refractivity contribution >= 4 is 5.69 Å². The van der Waals surface area contributed by atoms with Crippen LogP contribution in [0.3, 0.4) is 0 Å². The van der Waals surface area contributed by atoms with E-state index in [1.807, 2.05) is 70.4 Å². The number of phenolic OH excluding ortho intramolecular Hbond substituents is 1. The Labute approximate surface area is 247 Å². The molecular formula is C35H49FN2O3. The molecule has 0 fully saturated rings. The fourth-order valence-electron chi connectivity index (χ4n) is 4.50. The Morgan fingerprint density at radius 1 is 0.902 bits per heavy atom. The van der Waals surface area contributed by atoms with Gasteiger partial charge in [-0.3, -0.25) is 0 Å². The van der Waals surface area contributed by atoms with Crippen LogP contribution in [0, 0.1) is 18.7 Å². The summed E-state index contributed by atoms with van der Waals surface area (Å²) < 4.78 is 25.2. The molecule has 0 bridgehead atoms. The number of aromatic hydroxyl groups is 1. The summed E-state index contributed by atoms with van der Waals surface area (Å²) in [7, 11) is 5.66. The van der Waals surface area contributed by atoms with Crippen LogP contribution in [0.25, 0.3) is 0 Å². The second-order valence-corrected chi connectivity index (χ2v) is 9.63. The average molecular weight is 565 g/mol. The highest BCUT2D eigenvalue weighted by molar-refractivity contribution is 5.50. The number of hydrogen-bond acceptors (Lipinski definition) is 5. The topological polar surface area (TPSA) is 45.2 Å². The van der Waals surface area contributed by atoms with Gasteiger partial charge in [-0.2, -0.15) is 0 Å². The number of anilines is 1. The average Bonchev–Trinajstić information content (AvgIpc) is 3.00. The van der Waals surface area contributed by atoms with E-state index >= 15 is 0 Å². The smallest absolute Gasteiger partial charge is 0.165 e. The zero-order valence-electron chi connectivity index (χ0n) is 25.8. The van der Waals surface area contributed by atoms with Gasteiger partial charge in [-0.05, 0) is 98.8 Å². The van der Waals surface area contributed by atoms with E-state index in [4.69, 9.17) is 9.47 Å². The normalized spacial score (nSPS) is 11.4. The molecule has 6 heteroatoms. The Morgan fingerprint density at radius 2 is 1.61 bits per heavy atom. The summed E-state index contributed by atoms with van der Waals surface area (Å²) in [5, 5.41) is 9.19. The lowest BCUT2D eigenvalue weighted by Gasteiger charge is -2.20. The Morgan fingerprint density at radius 3 is 2.27 bits per heavy atom. The number of aryl methyl sites for hydroxylation is 2. The van der Waals surface area contributed by atoms with E-state index in [2.05, 4.69) is 29.6 Å². The Kier molecular flexibility index (Phi) is 17.4. The van der Waals surface area contributed by atoms with Crippen LogP contribution in [-0.4, -0.2) is 50.9 Å². The molecule has 0 atom stereocenters. The summed E-state index contributed by atoms with van der Waals surface area (Å²) >= 11 is 0. The van der Waals surface area contributed by atoms with Crippen molar-refractivity contribution in [3.8, 4) is 30.1 Å². The Hall–Kier alpha value is -3.69. The monoisotopic (exact) mass is 564 g/mol. The lowest BCUT2D eigenvalue weighted by Crippen LogP contribution is -2.25. The number of rotatable bonds is 10. The molecule has 41 heavy (non-hydrogen) atoms. The summed E-state index contributed by atoms with van der Waals surface area (Å²) in [6.07, 6.45) is 14.0. The van der Waals surface area contributed by atoms with Crippen LogP contribution in [0.5, 0.6) is 17.2 Å². The maximum Gasteiger partial charge on any atom is 0.165 e. The number of hydrogen-bond donors (Lipinski definition) is 1. The third kappa shape index (κ3) is 12.6. The quantitative estimate of drug-likeness (QED) is 0.255. The van der Waals surface area contributed by atoms with Gasteiger partial charge >= 0.3 is 0 Å². The van der Waals surface area contributed by atoms with Crippen LogP contribution in [0.4, 0.5) is 10.1 Å². The van der Waals surface area contributed by atoms with E-state index in [1.54, 1.807) is 25.3 Å². The summed E-state index contributed by atoms with van der Waals surface area (Å²) in [5.74, 6) is 1.20. The minimum atomic E-state index is -0.320. The molecule has 3 aromatic rings. The number of methoxy groups -OCH3 is 1. The molecule has 4 rings (SSSR count). The van der Waals surface area contributed by atoms with Gasteiger partial charge in [0.25, 0.3) is 0 Å². The van der Waals surface area contributed by atoms with Crippen LogP contribution in [0.2, 0.25) is 0 Å². The molecule has 0 radical (unpaired) electrons. The molecule has 1 N–H and O–H groups in total. The Bertz CT molecular complexity index is 1170. The van der Waals surface area contributed by atoms with E-state index in [9.17, 15) is 9.50 Å². The molecule has 0 amide bonds. The van der Waals surface area contributed by atoms with Gasteiger partial charge in [0.05, 0.1) is 7.11 Å². The van der Waals surface area contributed by atoms with E-state index in [-0.39, 0.29) is 5.82 Å². The molecule has 5 nitrogen and oxygen atoms in total. The van der Waals surface area contributed by atoms with Crippen molar-refractivity contribution in [3.63, 3.8) is 0 Å². The second-order valence-electron chi connectivity index (χ2n) is 9.63. The van der Waals surface area contributed by atoms with Gasteiger partial charge in [0.15, 0.2) is 11.6 Å². The molecular weight excluding hydrogens is 515 g/mol. The van der Waals surface area contributed by atoms with Crippen LogP contribution >= 0.6 is 0 Å². The lowest BCUT2D eigenvalue weighted by atomic mass is 9.92. The van der Waals surface area contributed by atoms with Gasteiger partial charge in [-0.15, -0.1) is 12.8 Å². The molecule has 0 saturated heterocycles. The number of terminal acetylenes is 1. The summed E-state index contributed by atoms with van der Waals surface area (Å²) in [6, 6.07) is 18.7. The number of nitrogens with zero attached hydrogens (tertiary/aromatic N) is 2. The molecule has 1 aliphatic rings. The first-order valence-electron chi connectivity index (χ1n) is 14.5. The van der Waals surface area contributed by atoms with Crippen molar-refractivity contribution in [2.24, 2.45) is 0 Å². The molecule has 0 spiro atoms. The van der Waals surface area contributed by atoms with Crippen LogP contribution in [0.15, 0.2) is 60.7 Å². The standard InChI is InChI=1S/C21H29FN2O2.C10H12O.C2H6.C2H2/c1-5-11-23(2)12-13-26-21-10-9-17(14-20(21)22)16-24(3)18-7-6-8-19(15-18)25-4;11-10-6-5-8-3-1-2-4-9(8)7-10;2*1-2/h6-10,14-15H,5,11-13,16H2,1-4H3;5-7,11H,1-4H2;1-2H3;1-2H. The summed E-state index contributed by atoms with van der Waals surface area (Å²) in [5.41, 5.74) is 4.68. The molecule has 0 heterocycles. The molecule has 224 valence electrons. The highest BCUT2D eigenvalue weighted by Gasteiger charge is 2.10. The molecule has 1 aliphatic carbocycles. The lowest BCUT2D eigenvalue weighted by molar-refractivity contribution is 0.231. The fraction of sp³-hybridized carbons (Fsp3) is 0.429. The number of fused-ring (bicyclic) bond motifs is 1. The summed E-state index contributed by atoms with van der Waals surface area (Å²) in [4.78, 5) is 4.23. The predicted octanol–water partition coefficient (Wildman–Crippen LogP) is 7.74. The Balaban J connectivity index is 0.000000462. The van der Waals surface area contributed by atoms with Crippen molar-refractivity contribution in [1.82, 2.24) is 4.90 Å². The molecule has 0 aliphatic heterocycles. The van der Waals surface area contributed by atoms with Crippen molar-refractivity contribution < 1.29 is 19.0 Å². The number of phenols is 1. The predicted molar refractivity (Wildman–Crippen MR) is 171 cm³/mol. The maximum atomic E-state index is 14.3. The number of ether oxygens (including phenoxy) is 2. The van der Waals surface area contributed by atoms with E-state index < -0.39 is 0 Å². The first-order chi connectivity index (χ1) is 19.9. The van der Waals surface area contributed by atoms with Gasteiger partial charge in [-0.1, -0.05) is 39.0 Å². The van der Waals surface area contributed by atoms with Gasteiger partial charge < -0.3 is 24.4 Å². The minimum absolute atomic E-state index is 0.308. The summed E-state index contributed by atoms with van der Waals surface area (Å²) in [6.45, 7) is 9.02. The minimum Gasteiger partial charge on any atom is -0.508 e. The van der Waals surface area contributed by atoms with Crippen molar-refractivity contribution in [1.29, 1.82) is 0 Å². The SMILES string of the molecule is C#C.CC.CCCN(C)CCOc1ccc(CN(C)c2cccc(OC)c2)cc1F.Oc1ccc2c(c1)CCCC2. The number of likely N-dealkylation sites (N-methyl/N-ethyl adjacent to an activating group) is 1. The van der Waals surface area contributed by atoms with Gasteiger partial charge in [0, 0.05) is 31.9 Å². The van der Waals surface area contributed by atoms with Crippen molar-refractivity contribution in [2.45, 2.75) is 59.4 Å². The van der Waals surface area contributed by atoms with Crippen molar-refractivity contribution in [2.75, 3.05) is 45.8 Å². The zero-order chi connectivity index (χ0) is 30.6.